The van der Waals surface area contributed by atoms with E-state index in [4.69, 9.17) is 14.2 Å². The number of ether oxygens (including phenoxy) is 3. The minimum Gasteiger partial charge on any atom is -0.493 e. The van der Waals surface area contributed by atoms with Gasteiger partial charge in [-0.3, -0.25) is 4.90 Å². The Morgan fingerprint density at radius 2 is 2.00 bits per heavy atom. The van der Waals surface area contributed by atoms with Crippen LogP contribution in [0.25, 0.3) is 0 Å². The number of benzene rings is 1. The molecule has 2 rings (SSSR count). The molecule has 1 atom stereocenters. The summed E-state index contributed by atoms with van der Waals surface area (Å²) in [7, 11) is 1.64. The van der Waals surface area contributed by atoms with E-state index in [0.29, 0.717) is 18.0 Å². The molecule has 1 aliphatic rings. The molecule has 1 unspecified atom stereocenters. The molecule has 1 heterocycles. The van der Waals surface area contributed by atoms with E-state index in [0.717, 1.165) is 39.3 Å². The first-order chi connectivity index (χ1) is 12.9. The van der Waals surface area contributed by atoms with Crippen molar-refractivity contribution in [1.82, 2.24) is 9.80 Å². The maximum atomic E-state index is 10.3. The maximum Gasteiger partial charge on any atom is 0.161 e. The van der Waals surface area contributed by atoms with Gasteiger partial charge in [0.15, 0.2) is 11.5 Å². The van der Waals surface area contributed by atoms with Crippen LogP contribution in [-0.2, 0) is 11.3 Å². The molecule has 154 valence electrons. The fourth-order valence-electron chi connectivity index (χ4n) is 3.46. The van der Waals surface area contributed by atoms with Crippen molar-refractivity contribution < 1.29 is 19.3 Å². The molecule has 6 heteroatoms. The molecule has 0 aliphatic carbocycles. The molecule has 6 nitrogen and oxygen atoms in total. The second-order valence-electron chi connectivity index (χ2n) is 7.75. The second kappa shape index (κ2) is 10.3. The number of morpholine rings is 1. The van der Waals surface area contributed by atoms with Crippen LogP contribution in [0.1, 0.15) is 33.3 Å². The number of methoxy groups -OCH3 is 1. The highest BCUT2D eigenvalue weighted by molar-refractivity contribution is 5.43. The SMILES string of the molecule is CCN(CC)CC(O)COc1cc(CN2CCOC(C)(C)C2)ccc1OC. The highest BCUT2D eigenvalue weighted by atomic mass is 16.5. The maximum absolute atomic E-state index is 10.3. The van der Waals surface area contributed by atoms with Crippen molar-refractivity contribution in [2.75, 3.05) is 53.0 Å². The van der Waals surface area contributed by atoms with E-state index in [1.807, 2.05) is 12.1 Å². The molecule has 0 saturated carbocycles. The fraction of sp³-hybridized carbons (Fsp3) is 0.714. The predicted molar refractivity (Wildman–Crippen MR) is 108 cm³/mol. The van der Waals surface area contributed by atoms with Crippen molar-refractivity contribution in [3.05, 3.63) is 23.8 Å². The van der Waals surface area contributed by atoms with Crippen LogP contribution in [0.4, 0.5) is 0 Å². The molecule has 0 amide bonds. The molecule has 0 radical (unpaired) electrons. The predicted octanol–water partition coefficient (Wildman–Crippen LogP) is 2.39. The van der Waals surface area contributed by atoms with Crippen LogP contribution in [0.3, 0.4) is 0 Å². The molecule has 1 aliphatic heterocycles. The summed E-state index contributed by atoms with van der Waals surface area (Å²) in [6, 6.07) is 6.03. The van der Waals surface area contributed by atoms with Gasteiger partial charge in [-0.2, -0.15) is 0 Å². The van der Waals surface area contributed by atoms with E-state index in [1.165, 1.54) is 5.56 Å². The zero-order chi connectivity index (χ0) is 19.9. The van der Waals surface area contributed by atoms with Gasteiger partial charge in [0.05, 0.1) is 19.3 Å². The highest BCUT2D eigenvalue weighted by Gasteiger charge is 2.27. The van der Waals surface area contributed by atoms with Gasteiger partial charge in [-0.25, -0.2) is 0 Å². The Labute approximate surface area is 164 Å². The Morgan fingerprint density at radius 1 is 1.26 bits per heavy atom. The van der Waals surface area contributed by atoms with E-state index in [9.17, 15) is 5.11 Å². The Balaban J connectivity index is 1.98. The lowest BCUT2D eigenvalue weighted by molar-refractivity contribution is -0.0882. The van der Waals surface area contributed by atoms with Gasteiger partial charge < -0.3 is 24.2 Å². The fourth-order valence-corrected chi connectivity index (χ4v) is 3.46. The molecule has 27 heavy (non-hydrogen) atoms. The average Bonchev–Trinajstić information content (AvgIpc) is 2.63. The van der Waals surface area contributed by atoms with Gasteiger partial charge in [-0.1, -0.05) is 19.9 Å². The monoisotopic (exact) mass is 380 g/mol. The lowest BCUT2D eigenvalue weighted by Crippen LogP contribution is -2.47. The average molecular weight is 381 g/mol. The Bertz CT molecular complexity index is 575. The first-order valence-electron chi connectivity index (χ1n) is 9.93. The summed E-state index contributed by atoms with van der Waals surface area (Å²) < 4.78 is 17.1. The molecule has 1 saturated heterocycles. The van der Waals surface area contributed by atoms with Gasteiger partial charge >= 0.3 is 0 Å². The van der Waals surface area contributed by atoms with Crippen LogP contribution in [0, 0.1) is 0 Å². The lowest BCUT2D eigenvalue weighted by Gasteiger charge is -2.38. The van der Waals surface area contributed by atoms with Crippen LogP contribution in [0.2, 0.25) is 0 Å². The molecular weight excluding hydrogens is 344 g/mol. The van der Waals surface area contributed by atoms with Crippen molar-refractivity contribution in [3.63, 3.8) is 0 Å². The molecule has 0 spiro atoms. The van der Waals surface area contributed by atoms with Crippen LogP contribution in [0.15, 0.2) is 18.2 Å². The topological polar surface area (TPSA) is 54.4 Å². The molecule has 0 aromatic heterocycles. The van der Waals surface area contributed by atoms with Crippen molar-refractivity contribution in [3.8, 4) is 11.5 Å². The zero-order valence-corrected chi connectivity index (χ0v) is 17.5. The van der Waals surface area contributed by atoms with Crippen molar-refractivity contribution in [2.45, 2.75) is 45.9 Å². The normalized spacial score (nSPS) is 18.5. The molecular formula is C21H36N2O4. The lowest BCUT2D eigenvalue weighted by atomic mass is 10.1. The van der Waals surface area contributed by atoms with Crippen molar-refractivity contribution >= 4 is 0 Å². The number of hydrogen-bond donors (Lipinski definition) is 1. The molecule has 1 fully saturated rings. The summed E-state index contributed by atoms with van der Waals surface area (Å²) >= 11 is 0. The summed E-state index contributed by atoms with van der Waals surface area (Å²) in [5, 5.41) is 10.3. The van der Waals surface area contributed by atoms with E-state index < -0.39 is 6.10 Å². The number of hydrogen-bond acceptors (Lipinski definition) is 6. The summed E-state index contributed by atoms with van der Waals surface area (Å²) in [6.45, 7) is 14.6. The van der Waals surface area contributed by atoms with E-state index in [1.54, 1.807) is 7.11 Å². The van der Waals surface area contributed by atoms with Crippen molar-refractivity contribution in [2.24, 2.45) is 0 Å². The molecule has 1 aromatic carbocycles. The van der Waals surface area contributed by atoms with Crippen LogP contribution >= 0.6 is 0 Å². The van der Waals surface area contributed by atoms with E-state index in [-0.39, 0.29) is 12.2 Å². The summed E-state index contributed by atoms with van der Waals surface area (Å²) in [4.78, 5) is 4.58. The number of nitrogens with zero attached hydrogens (tertiary/aromatic N) is 2. The molecule has 0 bridgehead atoms. The third-order valence-electron chi connectivity index (χ3n) is 4.93. The quantitative estimate of drug-likeness (QED) is 0.673. The number of likely N-dealkylation sites (N-methyl/N-ethyl adjacent to an activating group) is 1. The molecule has 1 aromatic rings. The van der Waals surface area contributed by atoms with E-state index >= 15 is 0 Å². The summed E-state index contributed by atoms with van der Waals surface area (Å²) in [5.41, 5.74) is 1.06. The van der Waals surface area contributed by atoms with Crippen LogP contribution < -0.4 is 9.47 Å². The number of aliphatic hydroxyl groups is 1. The Kier molecular flexibility index (Phi) is 8.35. The van der Waals surface area contributed by atoms with Crippen LogP contribution in [-0.4, -0.2) is 79.7 Å². The first-order valence-corrected chi connectivity index (χ1v) is 9.93. The van der Waals surface area contributed by atoms with Gasteiger partial charge in [0.1, 0.15) is 12.7 Å². The van der Waals surface area contributed by atoms with E-state index in [2.05, 4.69) is 43.6 Å². The Hall–Kier alpha value is -1.34. The zero-order valence-electron chi connectivity index (χ0n) is 17.5. The molecule has 1 N–H and O–H groups in total. The van der Waals surface area contributed by atoms with Gasteiger partial charge in [-0.05, 0) is 44.6 Å². The first kappa shape index (κ1) is 22.0. The van der Waals surface area contributed by atoms with Gasteiger partial charge in [-0.15, -0.1) is 0 Å². The third-order valence-corrected chi connectivity index (χ3v) is 4.93. The smallest absolute Gasteiger partial charge is 0.161 e. The largest absolute Gasteiger partial charge is 0.493 e. The number of aliphatic hydroxyl groups excluding tert-OH is 1. The minimum absolute atomic E-state index is 0.113. The highest BCUT2D eigenvalue weighted by Crippen LogP contribution is 2.29. The summed E-state index contributed by atoms with van der Waals surface area (Å²) in [6.07, 6.45) is -0.529. The van der Waals surface area contributed by atoms with Crippen LogP contribution in [0.5, 0.6) is 11.5 Å². The second-order valence-corrected chi connectivity index (χ2v) is 7.75. The van der Waals surface area contributed by atoms with Gasteiger partial charge in [0.25, 0.3) is 0 Å². The van der Waals surface area contributed by atoms with Gasteiger partial charge in [0.2, 0.25) is 0 Å². The number of rotatable bonds is 10. The third kappa shape index (κ3) is 6.96. The van der Waals surface area contributed by atoms with Gasteiger partial charge in [0, 0.05) is 26.2 Å². The Morgan fingerprint density at radius 3 is 2.63 bits per heavy atom. The minimum atomic E-state index is -0.529. The summed E-state index contributed by atoms with van der Waals surface area (Å²) in [5.74, 6) is 1.37. The van der Waals surface area contributed by atoms with Crippen molar-refractivity contribution in [1.29, 1.82) is 0 Å². The standard InChI is InChI=1S/C21H36N2O4/c1-6-22(7-2)14-18(24)15-26-20-12-17(8-9-19(20)25-5)13-23-10-11-27-21(3,4)16-23/h8-9,12,18,24H,6-7,10-11,13-16H2,1-5H3.